The molecule has 0 bridgehead atoms. The Morgan fingerprint density at radius 3 is 1.37 bits per heavy atom. The van der Waals surface area contributed by atoms with Gasteiger partial charge in [0.25, 0.3) is 11.4 Å². The van der Waals surface area contributed by atoms with Crippen molar-refractivity contribution in [1.82, 2.24) is 0 Å². The van der Waals surface area contributed by atoms with Crippen LogP contribution >= 0.6 is 0 Å². The van der Waals surface area contributed by atoms with Crippen molar-refractivity contribution < 1.29 is 23.4 Å². The molecule has 0 aliphatic carbocycles. The van der Waals surface area contributed by atoms with E-state index in [9.17, 15) is 29.0 Å². The smallest absolute Gasteiger partial charge is 0.269 e. The van der Waals surface area contributed by atoms with Crippen LogP contribution in [0, 0.1) is 31.9 Å². The molecule has 0 saturated heterocycles. The molecular weight excluding hydrogens is 458 g/mol. The lowest BCUT2D eigenvalue weighted by Gasteiger charge is -2.12. The second kappa shape index (κ2) is 10.1. The van der Waals surface area contributed by atoms with Gasteiger partial charge in [-0.15, -0.1) is 0 Å². The molecule has 9 heteroatoms. The minimum Gasteiger partial charge on any atom is -0.457 e. The molecule has 0 spiro atoms. The molecule has 4 aromatic carbocycles. The zero-order valence-corrected chi connectivity index (χ0v) is 18.2. The summed E-state index contributed by atoms with van der Waals surface area (Å²) in [5, 5.41) is 21.8. The summed E-state index contributed by atoms with van der Waals surface area (Å²) >= 11 is 0. The highest BCUT2D eigenvalue weighted by atomic mass is 19.1. The van der Waals surface area contributed by atoms with Gasteiger partial charge >= 0.3 is 0 Å². The van der Waals surface area contributed by atoms with Gasteiger partial charge in [-0.05, 0) is 47.2 Å². The molecule has 0 saturated carbocycles. The third-order valence-electron chi connectivity index (χ3n) is 5.21. The average Bonchev–Trinajstić information content (AvgIpc) is 2.79. The van der Waals surface area contributed by atoms with Crippen molar-refractivity contribution in [3.63, 3.8) is 0 Å². The maximum absolute atomic E-state index is 13.6. The molecule has 7 nitrogen and oxygen atoms in total. The van der Waals surface area contributed by atoms with Crippen molar-refractivity contribution >= 4 is 11.4 Å². The fourth-order valence-corrected chi connectivity index (χ4v) is 3.66. The van der Waals surface area contributed by atoms with E-state index in [2.05, 4.69) is 0 Å². The topological polar surface area (TPSA) is 95.5 Å². The summed E-state index contributed by atoms with van der Waals surface area (Å²) < 4.78 is 33.0. The number of halogens is 2. The van der Waals surface area contributed by atoms with E-state index in [0.29, 0.717) is 18.6 Å². The fourth-order valence-electron chi connectivity index (χ4n) is 3.66. The molecule has 4 aromatic rings. The summed E-state index contributed by atoms with van der Waals surface area (Å²) in [5.41, 5.74) is 3.24. The number of nitrogens with zero attached hydrogens (tertiary/aromatic N) is 2. The van der Waals surface area contributed by atoms with E-state index in [1.54, 1.807) is 36.4 Å². The van der Waals surface area contributed by atoms with Gasteiger partial charge in [0.1, 0.15) is 23.1 Å². The minimum atomic E-state index is -0.770. The second-order valence-corrected chi connectivity index (χ2v) is 7.89. The molecule has 0 atom stereocenters. The van der Waals surface area contributed by atoms with Gasteiger partial charge in [0.05, 0.1) is 9.85 Å². The average molecular weight is 476 g/mol. The molecule has 176 valence electrons. The number of ether oxygens (including phenoxy) is 1. The van der Waals surface area contributed by atoms with Crippen LogP contribution in [-0.4, -0.2) is 9.85 Å². The van der Waals surface area contributed by atoms with E-state index >= 15 is 0 Å². The third-order valence-corrected chi connectivity index (χ3v) is 5.21. The standard InChI is InChI=1S/C26H18F2N2O5/c27-21-14-22(28)16-26(15-21)35-25-12-19(9-17-1-5-23(6-2-17)29(31)32)11-20(13-25)10-18-3-7-24(8-4-18)30(33)34/h1-8,11-16H,9-10H2. The lowest BCUT2D eigenvalue weighted by molar-refractivity contribution is -0.385. The van der Waals surface area contributed by atoms with Crippen LogP contribution in [0.5, 0.6) is 11.5 Å². The number of rotatable bonds is 8. The van der Waals surface area contributed by atoms with E-state index in [0.717, 1.165) is 40.5 Å². The van der Waals surface area contributed by atoms with E-state index < -0.39 is 21.5 Å². The molecule has 0 radical (unpaired) electrons. The normalized spacial score (nSPS) is 10.7. The van der Waals surface area contributed by atoms with Gasteiger partial charge in [0, 0.05) is 42.5 Å². The number of hydrogen-bond acceptors (Lipinski definition) is 5. The van der Waals surface area contributed by atoms with Gasteiger partial charge in [-0.2, -0.15) is 0 Å². The zero-order valence-electron chi connectivity index (χ0n) is 18.2. The van der Waals surface area contributed by atoms with Crippen LogP contribution in [0.3, 0.4) is 0 Å². The molecule has 0 N–H and O–H groups in total. The Morgan fingerprint density at radius 2 is 0.971 bits per heavy atom. The summed E-state index contributed by atoms with van der Waals surface area (Å²) in [4.78, 5) is 20.9. The summed E-state index contributed by atoms with van der Waals surface area (Å²) in [5.74, 6) is -1.19. The van der Waals surface area contributed by atoms with Crippen molar-refractivity contribution in [2.45, 2.75) is 12.8 Å². The maximum atomic E-state index is 13.6. The van der Waals surface area contributed by atoms with Gasteiger partial charge in [-0.1, -0.05) is 30.3 Å². The first-order valence-corrected chi connectivity index (χ1v) is 10.5. The Morgan fingerprint density at radius 1 is 0.571 bits per heavy atom. The molecule has 35 heavy (non-hydrogen) atoms. The highest BCUT2D eigenvalue weighted by molar-refractivity contribution is 5.43. The van der Waals surface area contributed by atoms with Crippen molar-refractivity contribution in [3.05, 3.63) is 139 Å². The molecule has 0 aromatic heterocycles. The van der Waals surface area contributed by atoms with E-state index in [1.807, 2.05) is 6.07 Å². The molecule has 0 unspecified atom stereocenters. The molecule has 4 rings (SSSR count). The summed E-state index contributed by atoms with van der Waals surface area (Å²) in [7, 11) is 0. The Labute approximate surface area is 198 Å². The van der Waals surface area contributed by atoms with Crippen LogP contribution in [-0.2, 0) is 12.8 Å². The van der Waals surface area contributed by atoms with Crippen LogP contribution in [0.1, 0.15) is 22.3 Å². The van der Waals surface area contributed by atoms with E-state index in [4.69, 9.17) is 4.74 Å². The summed E-state index contributed by atoms with van der Waals surface area (Å²) in [6, 6.07) is 20.6. The van der Waals surface area contributed by atoms with Crippen LogP contribution in [0.4, 0.5) is 20.2 Å². The SMILES string of the molecule is O=[N+]([O-])c1ccc(Cc2cc(Cc3ccc([N+](=O)[O-])cc3)cc(Oc3cc(F)cc(F)c3)c2)cc1. The van der Waals surface area contributed by atoms with Gasteiger partial charge in [0.15, 0.2) is 0 Å². The molecule has 0 heterocycles. The zero-order chi connectivity index (χ0) is 24.9. The van der Waals surface area contributed by atoms with E-state index in [1.165, 1.54) is 24.3 Å². The number of nitro groups is 2. The quantitative estimate of drug-likeness (QED) is 0.207. The van der Waals surface area contributed by atoms with Gasteiger partial charge in [0.2, 0.25) is 0 Å². The van der Waals surface area contributed by atoms with Crippen molar-refractivity contribution in [3.8, 4) is 11.5 Å². The van der Waals surface area contributed by atoms with Gasteiger partial charge < -0.3 is 4.74 Å². The number of benzene rings is 4. The van der Waals surface area contributed by atoms with Crippen molar-refractivity contribution in [2.75, 3.05) is 0 Å². The second-order valence-electron chi connectivity index (χ2n) is 7.89. The Hall–Kier alpha value is -4.66. The first-order chi connectivity index (χ1) is 16.7. The third kappa shape index (κ3) is 6.23. The molecule has 0 fully saturated rings. The van der Waals surface area contributed by atoms with Crippen molar-refractivity contribution in [1.29, 1.82) is 0 Å². The predicted molar refractivity (Wildman–Crippen MR) is 125 cm³/mol. The minimum absolute atomic E-state index is 0.00345. The molecule has 0 aliphatic rings. The first kappa shape index (κ1) is 23.5. The highest BCUT2D eigenvalue weighted by Crippen LogP contribution is 2.28. The summed E-state index contributed by atoms with van der Waals surface area (Å²) in [6.45, 7) is 0. The Balaban J connectivity index is 1.65. The number of hydrogen-bond donors (Lipinski definition) is 0. The van der Waals surface area contributed by atoms with Crippen LogP contribution in [0.2, 0.25) is 0 Å². The van der Waals surface area contributed by atoms with Crippen molar-refractivity contribution in [2.24, 2.45) is 0 Å². The Bertz CT molecular complexity index is 1290. The van der Waals surface area contributed by atoms with Crippen LogP contribution in [0.25, 0.3) is 0 Å². The molecule has 0 amide bonds. The lowest BCUT2D eigenvalue weighted by atomic mass is 9.98. The predicted octanol–water partition coefficient (Wildman–Crippen LogP) is 6.76. The van der Waals surface area contributed by atoms with Crippen LogP contribution in [0.15, 0.2) is 84.9 Å². The Kier molecular flexibility index (Phi) is 6.77. The van der Waals surface area contributed by atoms with E-state index in [-0.39, 0.29) is 17.1 Å². The lowest BCUT2D eigenvalue weighted by Crippen LogP contribution is -1.97. The summed E-state index contributed by atoms with van der Waals surface area (Å²) in [6.07, 6.45) is 0.861. The first-order valence-electron chi connectivity index (χ1n) is 10.5. The monoisotopic (exact) mass is 476 g/mol. The highest BCUT2D eigenvalue weighted by Gasteiger charge is 2.10. The van der Waals surface area contributed by atoms with Crippen LogP contribution < -0.4 is 4.74 Å². The number of nitro benzene ring substituents is 2. The van der Waals surface area contributed by atoms with Gasteiger partial charge in [-0.25, -0.2) is 8.78 Å². The molecular formula is C26H18F2N2O5. The maximum Gasteiger partial charge on any atom is 0.269 e. The largest absolute Gasteiger partial charge is 0.457 e. The molecule has 0 aliphatic heterocycles. The van der Waals surface area contributed by atoms with Gasteiger partial charge in [-0.3, -0.25) is 20.2 Å². The number of non-ortho nitro benzene ring substituents is 2. The fraction of sp³-hybridized carbons (Fsp3) is 0.0769.